The quantitative estimate of drug-likeness (QED) is 0.422. The number of carbonyl (C=O) groups is 2. The van der Waals surface area contributed by atoms with Crippen LogP contribution >= 0.6 is 0 Å². The summed E-state index contributed by atoms with van der Waals surface area (Å²) in [5.41, 5.74) is 4.39. The van der Waals surface area contributed by atoms with Crippen molar-refractivity contribution in [1.82, 2.24) is 5.32 Å². The zero-order valence-corrected chi connectivity index (χ0v) is 20.4. The fourth-order valence-electron chi connectivity index (χ4n) is 5.67. The lowest BCUT2D eigenvalue weighted by Crippen LogP contribution is -2.56. The maximum atomic E-state index is 12.8. The standard InChI is InChI=1S/C30H31NO5/c1-2-35-22-13-11-20(12-14-22)21-15-17-30(18-16-21,28(32)33)31-29(34)36-19-27-25-9-5-3-7-23(25)24-8-4-6-10-26(24)27/h3-14,21,27H,2,15-19H2,1H3,(H,31,34)(H,32,33). The van der Waals surface area contributed by atoms with Gasteiger partial charge in [-0.1, -0.05) is 60.7 Å². The van der Waals surface area contributed by atoms with Crippen molar-refractivity contribution in [1.29, 1.82) is 0 Å². The van der Waals surface area contributed by atoms with Gasteiger partial charge in [-0.3, -0.25) is 0 Å². The second-order valence-corrected chi connectivity index (χ2v) is 9.61. The van der Waals surface area contributed by atoms with E-state index in [1.807, 2.05) is 55.5 Å². The van der Waals surface area contributed by atoms with E-state index in [2.05, 4.69) is 29.6 Å². The van der Waals surface area contributed by atoms with Gasteiger partial charge in [0.1, 0.15) is 17.9 Å². The molecule has 0 saturated heterocycles. The van der Waals surface area contributed by atoms with E-state index in [1.165, 1.54) is 5.56 Å². The lowest BCUT2D eigenvalue weighted by molar-refractivity contribution is -0.146. The molecular formula is C30H31NO5. The SMILES string of the molecule is CCOc1ccc(C2CCC(NC(=O)OCC3c4ccccc4-c4ccccc43)(C(=O)O)CC2)cc1. The summed E-state index contributed by atoms with van der Waals surface area (Å²) < 4.78 is 11.2. The maximum absolute atomic E-state index is 12.8. The average Bonchev–Trinajstić information content (AvgIpc) is 3.22. The fraction of sp³-hybridized carbons (Fsp3) is 0.333. The number of hydrogen-bond acceptors (Lipinski definition) is 4. The van der Waals surface area contributed by atoms with E-state index in [9.17, 15) is 14.7 Å². The monoisotopic (exact) mass is 485 g/mol. The topological polar surface area (TPSA) is 84.9 Å². The van der Waals surface area contributed by atoms with Gasteiger partial charge in [0, 0.05) is 5.92 Å². The summed E-state index contributed by atoms with van der Waals surface area (Å²) in [5, 5.41) is 12.8. The third kappa shape index (κ3) is 4.55. The van der Waals surface area contributed by atoms with E-state index < -0.39 is 17.6 Å². The summed E-state index contributed by atoms with van der Waals surface area (Å²) in [6.07, 6.45) is 1.36. The molecule has 0 aromatic heterocycles. The molecule has 0 aliphatic heterocycles. The van der Waals surface area contributed by atoms with Crippen molar-refractivity contribution in [3.05, 3.63) is 89.5 Å². The van der Waals surface area contributed by atoms with Crippen LogP contribution in [-0.2, 0) is 9.53 Å². The fourth-order valence-corrected chi connectivity index (χ4v) is 5.67. The molecule has 1 amide bonds. The normalized spacial score (nSPS) is 20.8. The molecule has 0 bridgehead atoms. The van der Waals surface area contributed by atoms with Gasteiger partial charge in [0.2, 0.25) is 0 Å². The second-order valence-electron chi connectivity index (χ2n) is 9.61. The number of carbonyl (C=O) groups excluding carboxylic acids is 1. The third-order valence-corrected chi connectivity index (χ3v) is 7.60. The van der Waals surface area contributed by atoms with E-state index in [4.69, 9.17) is 9.47 Å². The Morgan fingerprint density at radius 3 is 2.06 bits per heavy atom. The molecule has 3 aromatic rings. The predicted molar refractivity (Wildman–Crippen MR) is 137 cm³/mol. The number of carboxylic acid groups (broad SMARTS) is 1. The van der Waals surface area contributed by atoms with Crippen LogP contribution in [0.15, 0.2) is 72.8 Å². The maximum Gasteiger partial charge on any atom is 0.408 e. The van der Waals surface area contributed by atoms with Gasteiger partial charge in [-0.15, -0.1) is 0 Å². The van der Waals surface area contributed by atoms with Crippen LogP contribution in [0, 0.1) is 0 Å². The van der Waals surface area contributed by atoms with Crippen LogP contribution in [0.2, 0.25) is 0 Å². The molecule has 36 heavy (non-hydrogen) atoms. The van der Waals surface area contributed by atoms with Crippen molar-refractivity contribution in [2.45, 2.75) is 50.0 Å². The number of rotatable bonds is 7. The number of amides is 1. The molecule has 2 N–H and O–H groups in total. The molecule has 2 aliphatic rings. The van der Waals surface area contributed by atoms with Crippen LogP contribution in [0.4, 0.5) is 4.79 Å². The number of alkyl carbamates (subject to hydrolysis) is 1. The number of fused-ring (bicyclic) bond motifs is 3. The lowest BCUT2D eigenvalue weighted by Gasteiger charge is -2.37. The molecule has 186 valence electrons. The first-order chi connectivity index (χ1) is 17.5. The molecule has 0 unspecified atom stereocenters. The molecule has 0 atom stereocenters. The highest BCUT2D eigenvalue weighted by Gasteiger charge is 2.44. The Bertz CT molecular complexity index is 1200. The Morgan fingerprint density at radius 1 is 0.917 bits per heavy atom. The highest BCUT2D eigenvalue weighted by atomic mass is 16.5. The van der Waals surface area contributed by atoms with E-state index >= 15 is 0 Å². The summed E-state index contributed by atoms with van der Waals surface area (Å²) in [7, 11) is 0. The van der Waals surface area contributed by atoms with E-state index in [1.54, 1.807) is 0 Å². The van der Waals surface area contributed by atoms with Crippen LogP contribution < -0.4 is 10.1 Å². The molecule has 1 fully saturated rings. The summed E-state index contributed by atoms with van der Waals surface area (Å²) in [4.78, 5) is 25.1. The zero-order chi connectivity index (χ0) is 25.1. The predicted octanol–water partition coefficient (Wildman–Crippen LogP) is 6.11. The zero-order valence-electron chi connectivity index (χ0n) is 20.4. The van der Waals surface area contributed by atoms with Crippen LogP contribution in [0.3, 0.4) is 0 Å². The van der Waals surface area contributed by atoms with Gasteiger partial charge in [-0.05, 0) is 78.5 Å². The Morgan fingerprint density at radius 2 is 1.50 bits per heavy atom. The molecule has 1 saturated carbocycles. The van der Waals surface area contributed by atoms with Crippen molar-refractivity contribution in [2.75, 3.05) is 13.2 Å². The van der Waals surface area contributed by atoms with E-state index in [0.29, 0.717) is 32.3 Å². The van der Waals surface area contributed by atoms with Crippen molar-refractivity contribution >= 4 is 12.1 Å². The summed E-state index contributed by atoms with van der Waals surface area (Å²) >= 11 is 0. The smallest absolute Gasteiger partial charge is 0.408 e. The molecular weight excluding hydrogens is 454 g/mol. The summed E-state index contributed by atoms with van der Waals surface area (Å²) in [6, 6.07) is 24.2. The van der Waals surface area contributed by atoms with Crippen LogP contribution in [-0.4, -0.2) is 35.9 Å². The molecule has 0 heterocycles. The number of hydrogen-bond donors (Lipinski definition) is 2. The number of nitrogens with one attached hydrogen (secondary N) is 1. The van der Waals surface area contributed by atoms with Gasteiger partial charge >= 0.3 is 12.1 Å². The second kappa shape index (κ2) is 10.1. The van der Waals surface area contributed by atoms with Gasteiger partial charge in [0.25, 0.3) is 0 Å². The van der Waals surface area contributed by atoms with Gasteiger partial charge in [-0.25, -0.2) is 9.59 Å². The molecule has 0 radical (unpaired) electrons. The molecule has 2 aliphatic carbocycles. The third-order valence-electron chi connectivity index (χ3n) is 7.60. The number of benzene rings is 3. The van der Waals surface area contributed by atoms with Crippen molar-refractivity contribution < 1.29 is 24.2 Å². The number of carboxylic acids is 1. The van der Waals surface area contributed by atoms with Crippen molar-refractivity contribution in [2.24, 2.45) is 0 Å². The molecule has 6 nitrogen and oxygen atoms in total. The largest absolute Gasteiger partial charge is 0.494 e. The number of aliphatic carboxylic acids is 1. The van der Waals surface area contributed by atoms with Gasteiger partial charge in [0.05, 0.1) is 6.61 Å². The van der Waals surface area contributed by atoms with Crippen LogP contribution in [0.5, 0.6) is 5.75 Å². The molecule has 0 spiro atoms. The minimum Gasteiger partial charge on any atom is -0.494 e. The first-order valence-corrected chi connectivity index (χ1v) is 12.6. The Balaban J connectivity index is 1.22. The molecule has 3 aromatic carbocycles. The highest BCUT2D eigenvalue weighted by Crippen LogP contribution is 2.44. The molecule has 5 rings (SSSR count). The summed E-state index contributed by atoms with van der Waals surface area (Å²) in [5.74, 6) is -0.00759. The minimum absolute atomic E-state index is 0.0701. The van der Waals surface area contributed by atoms with E-state index in [0.717, 1.165) is 28.0 Å². The van der Waals surface area contributed by atoms with Gasteiger partial charge in [0.15, 0.2) is 0 Å². The first-order valence-electron chi connectivity index (χ1n) is 12.6. The molecule has 6 heteroatoms. The van der Waals surface area contributed by atoms with E-state index in [-0.39, 0.29) is 18.4 Å². The average molecular weight is 486 g/mol. The van der Waals surface area contributed by atoms with Gasteiger partial charge < -0.3 is 19.9 Å². The van der Waals surface area contributed by atoms with Crippen molar-refractivity contribution in [3.8, 4) is 16.9 Å². The lowest BCUT2D eigenvalue weighted by atomic mass is 9.74. The summed E-state index contributed by atoms with van der Waals surface area (Å²) in [6.45, 7) is 2.72. The Hall–Kier alpha value is -3.80. The van der Waals surface area contributed by atoms with Crippen LogP contribution in [0.1, 0.15) is 61.1 Å². The van der Waals surface area contributed by atoms with Crippen LogP contribution in [0.25, 0.3) is 11.1 Å². The van der Waals surface area contributed by atoms with Crippen molar-refractivity contribution in [3.63, 3.8) is 0 Å². The Labute approximate surface area is 211 Å². The first kappa shape index (κ1) is 23.9. The highest BCUT2D eigenvalue weighted by molar-refractivity contribution is 5.85. The van der Waals surface area contributed by atoms with Gasteiger partial charge in [-0.2, -0.15) is 0 Å². The Kier molecular flexibility index (Phi) is 6.68. The number of ether oxygens (including phenoxy) is 2. The minimum atomic E-state index is -1.32.